The molecule has 1 aromatic rings. The minimum Gasteiger partial charge on any atom is -0.395 e. The third kappa shape index (κ3) is 1.88. The van der Waals surface area contributed by atoms with Crippen LogP contribution in [-0.2, 0) is 0 Å². The number of anilines is 1. The van der Waals surface area contributed by atoms with Gasteiger partial charge in [-0.3, -0.25) is 0 Å². The number of rotatable bonds is 4. The van der Waals surface area contributed by atoms with Crippen molar-refractivity contribution >= 4 is 16.7 Å². The summed E-state index contributed by atoms with van der Waals surface area (Å²) in [5.74, 6) is 0.826. The lowest BCUT2D eigenvalue weighted by Gasteiger charge is -2.36. The zero-order valence-corrected chi connectivity index (χ0v) is 9.13. The maximum atomic E-state index is 8.99. The average Bonchev–Trinajstić information content (AvgIpc) is 2.48. The number of aryl methyl sites for hydroxylation is 1. The molecular formula is C9H15N3OS. The highest BCUT2D eigenvalue weighted by atomic mass is 32.1. The van der Waals surface area contributed by atoms with E-state index in [0.29, 0.717) is 12.6 Å². The van der Waals surface area contributed by atoms with Crippen LogP contribution in [0, 0.1) is 6.92 Å². The maximum Gasteiger partial charge on any atom is 0.205 e. The van der Waals surface area contributed by atoms with Crippen molar-refractivity contribution in [2.45, 2.75) is 32.2 Å². The minimum absolute atomic E-state index is 0.190. The molecule has 0 amide bonds. The number of nitrogens with zero attached hydrogens (tertiary/aromatic N) is 3. The Hall–Kier alpha value is -0.680. The summed E-state index contributed by atoms with van der Waals surface area (Å²) in [4.78, 5) is 6.54. The highest BCUT2D eigenvalue weighted by molar-refractivity contribution is 7.09. The van der Waals surface area contributed by atoms with Gasteiger partial charge in [0.1, 0.15) is 5.82 Å². The van der Waals surface area contributed by atoms with Gasteiger partial charge in [-0.1, -0.05) is 0 Å². The highest BCUT2D eigenvalue weighted by Gasteiger charge is 2.26. The summed E-state index contributed by atoms with van der Waals surface area (Å²) in [6.07, 6.45) is 3.74. The molecule has 1 aliphatic carbocycles. The topological polar surface area (TPSA) is 49.2 Å². The minimum atomic E-state index is 0.190. The van der Waals surface area contributed by atoms with E-state index >= 15 is 0 Å². The first-order valence-corrected chi connectivity index (χ1v) is 5.76. The van der Waals surface area contributed by atoms with Crippen LogP contribution in [0.5, 0.6) is 0 Å². The average molecular weight is 213 g/mol. The number of aromatic nitrogens is 2. The van der Waals surface area contributed by atoms with Gasteiger partial charge in [0.25, 0.3) is 0 Å². The second-order valence-electron chi connectivity index (χ2n) is 3.63. The Kier molecular flexibility index (Phi) is 2.98. The largest absolute Gasteiger partial charge is 0.395 e. The Bertz CT molecular complexity index is 298. The molecule has 1 aliphatic rings. The lowest BCUT2D eigenvalue weighted by molar-refractivity contribution is 0.283. The molecule has 4 nitrogen and oxygen atoms in total. The fourth-order valence-corrected chi connectivity index (χ4v) is 2.42. The summed E-state index contributed by atoms with van der Waals surface area (Å²) >= 11 is 1.43. The first-order valence-electron chi connectivity index (χ1n) is 4.99. The zero-order valence-electron chi connectivity index (χ0n) is 8.31. The van der Waals surface area contributed by atoms with Gasteiger partial charge in [-0.15, -0.1) is 0 Å². The first-order chi connectivity index (χ1) is 6.81. The molecule has 14 heavy (non-hydrogen) atoms. The van der Waals surface area contributed by atoms with E-state index in [1.54, 1.807) is 0 Å². The van der Waals surface area contributed by atoms with Crippen LogP contribution in [0.1, 0.15) is 25.1 Å². The van der Waals surface area contributed by atoms with Gasteiger partial charge in [0, 0.05) is 24.1 Å². The number of aliphatic hydroxyl groups is 1. The van der Waals surface area contributed by atoms with Crippen molar-refractivity contribution in [3.8, 4) is 0 Å². The third-order valence-electron chi connectivity index (χ3n) is 2.62. The van der Waals surface area contributed by atoms with Gasteiger partial charge >= 0.3 is 0 Å². The van der Waals surface area contributed by atoms with Gasteiger partial charge in [0.05, 0.1) is 6.61 Å². The standard InChI is InChI=1S/C9H15N3OS/c1-7-10-9(14-11-7)12(5-6-13)8-3-2-4-8/h8,13H,2-6H2,1H3. The molecule has 1 fully saturated rings. The molecule has 0 bridgehead atoms. The van der Waals surface area contributed by atoms with Crippen LogP contribution in [0.3, 0.4) is 0 Å². The van der Waals surface area contributed by atoms with E-state index in [1.165, 1.54) is 30.8 Å². The molecule has 0 atom stereocenters. The van der Waals surface area contributed by atoms with Crippen molar-refractivity contribution < 1.29 is 5.11 Å². The van der Waals surface area contributed by atoms with Crippen molar-refractivity contribution in [1.82, 2.24) is 9.36 Å². The normalized spacial score (nSPS) is 16.7. The third-order valence-corrected chi connectivity index (χ3v) is 3.46. The molecule has 0 aromatic carbocycles. The summed E-state index contributed by atoms with van der Waals surface area (Å²) in [5, 5.41) is 9.95. The van der Waals surface area contributed by atoms with Crippen molar-refractivity contribution in [2.75, 3.05) is 18.1 Å². The number of hydrogen-bond donors (Lipinski definition) is 1. The van der Waals surface area contributed by atoms with Gasteiger partial charge in [-0.05, 0) is 26.2 Å². The quantitative estimate of drug-likeness (QED) is 0.816. The summed E-state index contributed by atoms with van der Waals surface area (Å²) < 4.78 is 4.17. The number of hydrogen-bond acceptors (Lipinski definition) is 5. The summed E-state index contributed by atoms with van der Waals surface area (Å²) in [5.41, 5.74) is 0. The van der Waals surface area contributed by atoms with Crippen molar-refractivity contribution in [1.29, 1.82) is 0 Å². The molecule has 0 spiro atoms. The fourth-order valence-electron chi connectivity index (χ4n) is 1.64. The molecule has 1 saturated carbocycles. The summed E-state index contributed by atoms with van der Waals surface area (Å²) in [6.45, 7) is 2.77. The second kappa shape index (κ2) is 4.23. The van der Waals surface area contributed by atoms with E-state index in [-0.39, 0.29) is 6.61 Å². The Labute approximate surface area is 87.8 Å². The highest BCUT2D eigenvalue weighted by Crippen LogP contribution is 2.29. The lowest BCUT2D eigenvalue weighted by atomic mass is 9.92. The monoisotopic (exact) mass is 213 g/mol. The van der Waals surface area contributed by atoms with Crippen LogP contribution in [0.2, 0.25) is 0 Å². The van der Waals surface area contributed by atoms with Crippen LogP contribution in [0.15, 0.2) is 0 Å². The van der Waals surface area contributed by atoms with E-state index in [0.717, 1.165) is 11.0 Å². The Morgan fingerprint density at radius 1 is 1.57 bits per heavy atom. The van der Waals surface area contributed by atoms with Gasteiger partial charge < -0.3 is 10.0 Å². The predicted octanol–water partition coefficient (Wildman–Crippen LogP) is 1.20. The molecule has 1 aromatic heterocycles. The molecule has 0 saturated heterocycles. The van der Waals surface area contributed by atoms with Crippen LogP contribution in [-0.4, -0.2) is 33.7 Å². The molecule has 2 rings (SSSR count). The Morgan fingerprint density at radius 3 is 2.79 bits per heavy atom. The van der Waals surface area contributed by atoms with Crippen molar-refractivity contribution in [3.05, 3.63) is 5.82 Å². The molecular weight excluding hydrogens is 198 g/mol. The van der Waals surface area contributed by atoms with Crippen LogP contribution >= 0.6 is 11.5 Å². The molecule has 0 aliphatic heterocycles. The lowest BCUT2D eigenvalue weighted by Crippen LogP contribution is -2.41. The molecule has 1 heterocycles. The molecule has 0 unspecified atom stereocenters. The van der Waals surface area contributed by atoms with Gasteiger partial charge in [-0.2, -0.15) is 4.37 Å². The molecule has 0 radical (unpaired) electrons. The smallest absolute Gasteiger partial charge is 0.205 e. The molecule has 78 valence electrons. The van der Waals surface area contributed by atoms with Gasteiger partial charge in [-0.25, -0.2) is 4.98 Å². The van der Waals surface area contributed by atoms with E-state index < -0.39 is 0 Å². The Morgan fingerprint density at radius 2 is 2.36 bits per heavy atom. The van der Waals surface area contributed by atoms with E-state index in [4.69, 9.17) is 5.11 Å². The van der Waals surface area contributed by atoms with Crippen LogP contribution < -0.4 is 4.90 Å². The van der Waals surface area contributed by atoms with Crippen molar-refractivity contribution in [3.63, 3.8) is 0 Å². The van der Waals surface area contributed by atoms with E-state index in [9.17, 15) is 0 Å². The molecule has 5 heteroatoms. The van der Waals surface area contributed by atoms with Crippen LogP contribution in [0.4, 0.5) is 5.13 Å². The predicted molar refractivity (Wildman–Crippen MR) is 56.7 cm³/mol. The van der Waals surface area contributed by atoms with Crippen molar-refractivity contribution in [2.24, 2.45) is 0 Å². The zero-order chi connectivity index (χ0) is 9.97. The number of aliphatic hydroxyl groups excluding tert-OH is 1. The Balaban J connectivity index is 2.09. The van der Waals surface area contributed by atoms with E-state index in [2.05, 4.69) is 14.3 Å². The first kappa shape index (κ1) is 9.86. The fraction of sp³-hybridized carbons (Fsp3) is 0.778. The van der Waals surface area contributed by atoms with E-state index in [1.807, 2.05) is 6.92 Å². The summed E-state index contributed by atoms with van der Waals surface area (Å²) in [6, 6.07) is 0.578. The summed E-state index contributed by atoms with van der Waals surface area (Å²) in [7, 11) is 0. The second-order valence-corrected chi connectivity index (χ2v) is 4.36. The maximum absolute atomic E-state index is 8.99. The van der Waals surface area contributed by atoms with Crippen LogP contribution in [0.25, 0.3) is 0 Å². The van der Waals surface area contributed by atoms with Gasteiger partial charge in [0.15, 0.2) is 0 Å². The van der Waals surface area contributed by atoms with Gasteiger partial charge in [0.2, 0.25) is 5.13 Å². The molecule has 1 N–H and O–H groups in total. The SMILES string of the molecule is Cc1nsc(N(CCO)C2CCC2)n1.